The average molecular weight is 424 g/mol. The summed E-state index contributed by atoms with van der Waals surface area (Å²) in [5.74, 6) is 1.26. The second kappa shape index (κ2) is 7.26. The third-order valence-electron chi connectivity index (χ3n) is 4.98. The monoisotopic (exact) mass is 423 g/mol. The third-order valence-corrected chi connectivity index (χ3v) is 7.20. The number of aromatic nitrogens is 2. The lowest BCUT2D eigenvalue weighted by atomic mass is 10.2. The van der Waals surface area contributed by atoms with Crippen molar-refractivity contribution in [1.29, 1.82) is 0 Å². The third kappa shape index (κ3) is 3.67. The van der Waals surface area contributed by atoms with E-state index in [1.54, 1.807) is 0 Å². The molecule has 148 valence electrons. The first kappa shape index (κ1) is 19.0. The van der Waals surface area contributed by atoms with Crippen LogP contribution in [0.3, 0.4) is 0 Å². The maximum atomic E-state index is 12.9. The standard InChI is InChI=1S/C17H18ClN5O4S/c18-14-4-3-13(11-16(14)23(24)25)28(26,27)22-9-7-21(8-10-22)17-6-5-15(19-20-17)12-1-2-12/h3-6,11-12H,1-2,7-10H2. The number of hydrogen-bond acceptors (Lipinski definition) is 7. The Morgan fingerprint density at radius 3 is 2.36 bits per heavy atom. The van der Waals surface area contributed by atoms with Crippen molar-refractivity contribution < 1.29 is 13.3 Å². The molecule has 2 heterocycles. The molecule has 1 aromatic carbocycles. The minimum Gasteiger partial charge on any atom is -0.352 e. The summed E-state index contributed by atoms with van der Waals surface area (Å²) in [5.41, 5.74) is 0.585. The fraction of sp³-hybridized carbons (Fsp3) is 0.412. The second-order valence-corrected chi connectivity index (χ2v) is 9.20. The SMILES string of the molecule is O=[N+]([O-])c1cc(S(=O)(=O)N2CCN(c3ccc(C4CC4)nn3)CC2)ccc1Cl. The summed E-state index contributed by atoms with van der Waals surface area (Å²) in [6, 6.07) is 7.44. The Bertz CT molecular complexity index is 1000. The highest BCUT2D eigenvalue weighted by atomic mass is 35.5. The molecule has 2 aromatic rings. The number of anilines is 1. The first-order valence-electron chi connectivity index (χ1n) is 8.89. The predicted octanol–water partition coefficient (Wildman–Crippen LogP) is 2.43. The lowest BCUT2D eigenvalue weighted by Gasteiger charge is -2.34. The molecule has 1 saturated carbocycles. The topological polar surface area (TPSA) is 110 Å². The highest BCUT2D eigenvalue weighted by Crippen LogP contribution is 2.38. The average Bonchev–Trinajstić information content (AvgIpc) is 3.53. The van der Waals surface area contributed by atoms with Gasteiger partial charge in [-0.2, -0.15) is 9.40 Å². The summed E-state index contributed by atoms with van der Waals surface area (Å²) in [6.45, 7) is 1.44. The van der Waals surface area contributed by atoms with Crippen LogP contribution in [0.15, 0.2) is 35.2 Å². The van der Waals surface area contributed by atoms with Crippen molar-refractivity contribution >= 4 is 33.1 Å². The van der Waals surface area contributed by atoms with Crippen LogP contribution < -0.4 is 4.90 Å². The zero-order valence-corrected chi connectivity index (χ0v) is 16.4. The van der Waals surface area contributed by atoms with E-state index in [2.05, 4.69) is 10.2 Å². The molecule has 1 aliphatic heterocycles. The van der Waals surface area contributed by atoms with Crippen LogP contribution in [-0.4, -0.2) is 54.0 Å². The van der Waals surface area contributed by atoms with Crippen LogP contribution in [0.2, 0.25) is 5.02 Å². The molecule has 0 spiro atoms. The van der Waals surface area contributed by atoms with E-state index in [9.17, 15) is 18.5 Å². The van der Waals surface area contributed by atoms with E-state index in [4.69, 9.17) is 11.6 Å². The van der Waals surface area contributed by atoms with Gasteiger partial charge >= 0.3 is 0 Å². The Morgan fingerprint density at radius 2 is 1.79 bits per heavy atom. The summed E-state index contributed by atoms with van der Waals surface area (Å²) in [6.07, 6.45) is 2.32. The number of halogens is 1. The lowest BCUT2D eigenvalue weighted by molar-refractivity contribution is -0.384. The molecule has 11 heteroatoms. The Balaban J connectivity index is 1.46. The van der Waals surface area contributed by atoms with Crippen molar-refractivity contribution in [3.63, 3.8) is 0 Å². The molecule has 28 heavy (non-hydrogen) atoms. The number of nitro groups is 1. The van der Waals surface area contributed by atoms with Gasteiger partial charge in [-0.1, -0.05) is 11.6 Å². The van der Waals surface area contributed by atoms with Gasteiger partial charge in [-0.05, 0) is 37.1 Å². The molecule has 0 N–H and O–H groups in total. The van der Waals surface area contributed by atoms with E-state index in [-0.39, 0.29) is 23.0 Å². The molecule has 1 aromatic heterocycles. The quantitative estimate of drug-likeness (QED) is 0.536. The summed E-state index contributed by atoms with van der Waals surface area (Å²) in [4.78, 5) is 12.2. The predicted molar refractivity (Wildman–Crippen MR) is 103 cm³/mol. The highest BCUT2D eigenvalue weighted by molar-refractivity contribution is 7.89. The largest absolute Gasteiger partial charge is 0.352 e. The van der Waals surface area contributed by atoms with Gasteiger partial charge in [-0.15, -0.1) is 5.10 Å². The summed E-state index contributed by atoms with van der Waals surface area (Å²) in [7, 11) is -3.84. The van der Waals surface area contributed by atoms with E-state index < -0.39 is 20.6 Å². The van der Waals surface area contributed by atoms with E-state index in [0.717, 1.165) is 30.4 Å². The Hall–Kier alpha value is -2.30. The van der Waals surface area contributed by atoms with Crippen molar-refractivity contribution in [2.45, 2.75) is 23.7 Å². The zero-order chi connectivity index (χ0) is 19.9. The molecular formula is C17H18ClN5O4S. The van der Waals surface area contributed by atoms with Crippen LogP contribution in [0, 0.1) is 10.1 Å². The van der Waals surface area contributed by atoms with Gasteiger partial charge in [0.25, 0.3) is 5.69 Å². The first-order chi connectivity index (χ1) is 13.4. The first-order valence-corrected chi connectivity index (χ1v) is 10.7. The molecule has 9 nitrogen and oxygen atoms in total. The van der Waals surface area contributed by atoms with Gasteiger partial charge in [0.1, 0.15) is 5.02 Å². The Labute approximate surface area is 167 Å². The Kier molecular flexibility index (Phi) is 4.94. The van der Waals surface area contributed by atoms with Crippen molar-refractivity contribution in [2.24, 2.45) is 0 Å². The number of piperazine rings is 1. The fourth-order valence-corrected chi connectivity index (χ4v) is 4.83. The minimum atomic E-state index is -3.84. The molecule has 4 rings (SSSR count). The van der Waals surface area contributed by atoms with Crippen molar-refractivity contribution in [2.75, 3.05) is 31.1 Å². The number of nitrogens with zero attached hydrogens (tertiary/aromatic N) is 5. The molecule has 0 atom stereocenters. The van der Waals surface area contributed by atoms with Crippen LogP contribution in [-0.2, 0) is 10.0 Å². The van der Waals surface area contributed by atoms with Crippen molar-refractivity contribution in [3.05, 3.63) is 51.2 Å². The highest BCUT2D eigenvalue weighted by Gasteiger charge is 2.31. The van der Waals surface area contributed by atoms with E-state index in [1.807, 2.05) is 17.0 Å². The number of nitro benzene ring substituents is 1. The normalized spacial score (nSPS) is 18.2. The molecule has 0 unspecified atom stereocenters. The molecular weight excluding hydrogens is 406 g/mol. The van der Waals surface area contributed by atoms with Gasteiger partial charge in [-0.25, -0.2) is 8.42 Å². The van der Waals surface area contributed by atoms with Crippen LogP contribution in [0.25, 0.3) is 0 Å². The zero-order valence-electron chi connectivity index (χ0n) is 14.9. The van der Waals surface area contributed by atoms with Crippen molar-refractivity contribution in [1.82, 2.24) is 14.5 Å². The van der Waals surface area contributed by atoms with Crippen LogP contribution in [0.4, 0.5) is 11.5 Å². The van der Waals surface area contributed by atoms with E-state index >= 15 is 0 Å². The van der Waals surface area contributed by atoms with Gasteiger partial charge in [0.05, 0.1) is 15.5 Å². The molecule has 0 bridgehead atoms. The van der Waals surface area contributed by atoms with Crippen LogP contribution >= 0.6 is 11.6 Å². The van der Waals surface area contributed by atoms with Crippen LogP contribution in [0.1, 0.15) is 24.5 Å². The molecule has 2 fully saturated rings. The van der Waals surface area contributed by atoms with Gasteiger partial charge in [0.15, 0.2) is 5.82 Å². The van der Waals surface area contributed by atoms with Gasteiger partial charge in [0.2, 0.25) is 10.0 Å². The molecule has 1 saturated heterocycles. The van der Waals surface area contributed by atoms with Gasteiger partial charge in [0, 0.05) is 38.2 Å². The summed E-state index contributed by atoms with van der Waals surface area (Å²) < 4.78 is 27.0. The number of benzene rings is 1. The Morgan fingerprint density at radius 1 is 1.07 bits per heavy atom. The molecule has 2 aliphatic rings. The maximum Gasteiger partial charge on any atom is 0.289 e. The number of hydrogen-bond donors (Lipinski definition) is 0. The van der Waals surface area contributed by atoms with E-state index in [0.29, 0.717) is 19.0 Å². The number of rotatable bonds is 5. The summed E-state index contributed by atoms with van der Waals surface area (Å²) >= 11 is 5.78. The smallest absolute Gasteiger partial charge is 0.289 e. The van der Waals surface area contributed by atoms with E-state index in [1.165, 1.54) is 16.4 Å². The van der Waals surface area contributed by atoms with Crippen molar-refractivity contribution in [3.8, 4) is 0 Å². The molecule has 0 radical (unpaired) electrons. The molecule has 0 amide bonds. The van der Waals surface area contributed by atoms with Crippen LogP contribution in [0.5, 0.6) is 0 Å². The molecule has 1 aliphatic carbocycles. The minimum absolute atomic E-state index is 0.0954. The number of sulfonamides is 1. The lowest BCUT2D eigenvalue weighted by Crippen LogP contribution is -2.49. The van der Waals surface area contributed by atoms with Gasteiger partial charge < -0.3 is 4.90 Å². The summed E-state index contributed by atoms with van der Waals surface area (Å²) in [5, 5.41) is 19.5. The second-order valence-electron chi connectivity index (χ2n) is 6.85. The van der Waals surface area contributed by atoms with Gasteiger partial charge in [-0.3, -0.25) is 10.1 Å². The fourth-order valence-electron chi connectivity index (χ4n) is 3.20. The maximum absolute atomic E-state index is 12.9.